The predicted octanol–water partition coefficient (Wildman–Crippen LogP) is 0.700. The summed E-state index contributed by atoms with van der Waals surface area (Å²) in [6.07, 6.45) is 0. The van der Waals surface area contributed by atoms with Gasteiger partial charge in [0.1, 0.15) is 12.4 Å². The van der Waals surface area contributed by atoms with Crippen molar-refractivity contribution < 1.29 is 4.74 Å². The Kier molecular flexibility index (Phi) is 2.84. The lowest BCUT2D eigenvalue weighted by Gasteiger charge is -1.99. The van der Waals surface area contributed by atoms with Gasteiger partial charge in [0.15, 0.2) is 5.82 Å². The molecule has 0 atom stereocenters. The molecule has 0 aliphatic carbocycles. The Balaban J connectivity index is 2.82. The van der Waals surface area contributed by atoms with Crippen molar-refractivity contribution in [1.82, 2.24) is 14.8 Å². The number of halogens is 1. The lowest BCUT2D eigenvalue weighted by atomic mass is 10.6. The van der Waals surface area contributed by atoms with Crippen LogP contribution in [0.2, 0.25) is 0 Å². The fourth-order valence-corrected chi connectivity index (χ4v) is 1.00. The highest BCUT2D eigenvalue weighted by molar-refractivity contribution is 6.16. The summed E-state index contributed by atoms with van der Waals surface area (Å²) >= 11 is 5.58. The maximum absolute atomic E-state index is 5.58. The lowest BCUT2D eigenvalue weighted by Crippen LogP contribution is -2.01. The van der Waals surface area contributed by atoms with E-state index in [1.165, 1.54) is 0 Å². The molecule has 11 heavy (non-hydrogen) atoms. The molecular formula is C6H10ClN3O. The number of alkyl halides is 1. The standard InChI is InChI=1S/C6H10ClN3O/c1-10-5(3-7)8-9-6(10)4-11-2/h3-4H2,1-2H3. The van der Waals surface area contributed by atoms with Gasteiger partial charge >= 0.3 is 0 Å². The van der Waals surface area contributed by atoms with E-state index in [0.29, 0.717) is 12.5 Å². The van der Waals surface area contributed by atoms with Crippen LogP contribution in [0, 0.1) is 0 Å². The van der Waals surface area contributed by atoms with Gasteiger partial charge in [-0.2, -0.15) is 0 Å². The zero-order valence-electron chi connectivity index (χ0n) is 6.54. The van der Waals surface area contributed by atoms with Gasteiger partial charge in [0.05, 0.1) is 5.88 Å². The quantitative estimate of drug-likeness (QED) is 0.635. The van der Waals surface area contributed by atoms with Crippen molar-refractivity contribution in [2.24, 2.45) is 7.05 Å². The van der Waals surface area contributed by atoms with Gasteiger partial charge in [-0.05, 0) is 0 Å². The first kappa shape index (κ1) is 8.49. The van der Waals surface area contributed by atoms with E-state index in [1.807, 2.05) is 11.6 Å². The van der Waals surface area contributed by atoms with E-state index in [2.05, 4.69) is 10.2 Å². The number of ether oxygens (including phenoxy) is 1. The van der Waals surface area contributed by atoms with Crippen LogP contribution in [0.5, 0.6) is 0 Å². The highest BCUT2D eigenvalue weighted by Gasteiger charge is 2.05. The first-order chi connectivity index (χ1) is 5.29. The monoisotopic (exact) mass is 175 g/mol. The van der Waals surface area contributed by atoms with Crippen molar-refractivity contribution in [3.63, 3.8) is 0 Å². The molecule has 0 aliphatic rings. The van der Waals surface area contributed by atoms with E-state index >= 15 is 0 Å². The molecule has 1 rings (SSSR count). The highest BCUT2D eigenvalue weighted by atomic mass is 35.5. The van der Waals surface area contributed by atoms with E-state index in [9.17, 15) is 0 Å². The summed E-state index contributed by atoms with van der Waals surface area (Å²) in [5, 5.41) is 7.73. The van der Waals surface area contributed by atoms with E-state index < -0.39 is 0 Å². The molecule has 0 spiro atoms. The normalized spacial score (nSPS) is 10.5. The second-order valence-corrected chi connectivity index (χ2v) is 2.43. The molecule has 4 nitrogen and oxygen atoms in total. The van der Waals surface area contributed by atoms with Gasteiger partial charge in [0.25, 0.3) is 0 Å². The Morgan fingerprint density at radius 3 is 2.55 bits per heavy atom. The van der Waals surface area contributed by atoms with Crippen molar-refractivity contribution in [2.45, 2.75) is 12.5 Å². The Morgan fingerprint density at radius 1 is 1.45 bits per heavy atom. The Morgan fingerprint density at radius 2 is 2.09 bits per heavy atom. The molecule has 62 valence electrons. The third-order valence-electron chi connectivity index (χ3n) is 1.45. The third-order valence-corrected chi connectivity index (χ3v) is 1.69. The first-order valence-corrected chi connectivity index (χ1v) is 3.75. The van der Waals surface area contributed by atoms with Gasteiger partial charge in [-0.25, -0.2) is 0 Å². The highest BCUT2D eigenvalue weighted by Crippen LogP contribution is 2.02. The second kappa shape index (κ2) is 3.69. The molecule has 5 heteroatoms. The smallest absolute Gasteiger partial charge is 0.158 e. The second-order valence-electron chi connectivity index (χ2n) is 2.16. The summed E-state index contributed by atoms with van der Waals surface area (Å²) in [6, 6.07) is 0. The molecule has 0 saturated carbocycles. The summed E-state index contributed by atoms with van der Waals surface area (Å²) in [5.74, 6) is 1.94. The van der Waals surface area contributed by atoms with Crippen LogP contribution >= 0.6 is 11.6 Å². The predicted molar refractivity (Wildman–Crippen MR) is 41.3 cm³/mol. The molecule has 0 N–H and O–H groups in total. The number of aromatic nitrogens is 3. The fourth-order valence-electron chi connectivity index (χ4n) is 0.770. The molecule has 0 unspecified atom stereocenters. The molecule has 1 heterocycles. The minimum absolute atomic E-state index is 0.382. The topological polar surface area (TPSA) is 39.9 Å². The van der Waals surface area contributed by atoms with Crippen LogP contribution in [0.1, 0.15) is 11.6 Å². The minimum atomic E-state index is 0.382. The minimum Gasteiger partial charge on any atom is -0.377 e. The lowest BCUT2D eigenvalue weighted by molar-refractivity contribution is 0.175. The molecule has 0 amide bonds. The van der Waals surface area contributed by atoms with Crippen LogP contribution in [0.15, 0.2) is 0 Å². The van der Waals surface area contributed by atoms with Crippen LogP contribution in [0.25, 0.3) is 0 Å². The van der Waals surface area contributed by atoms with E-state index in [1.54, 1.807) is 7.11 Å². The van der Waals surface area contributed by atoms with Crippen molar-refractivity contribution in [1.29, 1.82) is 0 Å². The van der Waals surface area contributed by atoms with Crippen molar-refractivity contribution >= 4 is 11.6 Å². The average Bonchev–Trinajstić information content (AvgIpc) is 2.34. The van der Waals surface area contributed by atoms with Gasteiger partial charge in [0.2, 0.25) is 0 Å². The third kappa shape index (κ3) is 1.70. The first-order valence-electron chi connectivity index (χ1n) is 3.21. The molecule has 0 aliphatic heterocycles. The molecule has 0 radical (unpaired) electrons. The van der Waals surface area contributed by atoms with E-state index in [-0.39, 0.29) is 0 Å². The fraction of sp³-hybridized carbons (Fsp3) is 0.667. The zero-order valence-corrected chi connectivity index (χ0v) is 7.30. The van der Waals surface area contributed by atoms with Gasteiger partial charge in [-0.1, -0.05) is 0 Å². The largest absolute Gasteiger partial charge is 0.377 e. The average molecular weight is 176 g/mol. The van der Waals surface area contributed by atoms with Crippen LogP contribution in [-0.4, -0.2) is 21.9 Å². The van der Waals surface area contributed by atoms with Crippen LogP contribution in [0.3, 0.4) is 0 Å². The molecule has 0 fully saturated rings. The number of nitrogens with zero attached hydrogens (tertiary/aromatic N) is 3. The Bertz CT molecular complexity index is 236. The number of hydrogen-bond acceptors (Lipinski definition) is 3. The van der Waals surface area contributed by atoms with Crippen LogP contribution < -0.4 is 0 Å². The van der Waals surface area contributed by atoms with Gasteiger partial charge < -0.3 is 9.30 Å². The molecule has 1 aromatic heterocycles. The van der Waals surface area contributed by atoms with Gasteiger partial charge in [0, 0.05) is 14.2 Å². The Labute approximate surface area is 70.1 Å². The molecule has 0 bridgehead atoms. The molecule has 0 aromatic carbocycles. The summed E-state index contributed by atoms with van der Waals surface area (Å²) in [7, 11) is 3.49. The molecular weight excluding hydrogens is 166 g/mol. The van der Waals surface area contributed by atoms with Crippen molar-refractivity contribution in [3.05, 3.63) is 11.6 Å². The van der Waals surface area contributed by atoms with Gasteiger partial charge in [-0.3, -0.25) is 0 Å². The van der Waals surface area contributed by atoms with Gasteiger partial charge in [-0.15, -0.1) is 21.8 Å². The van der Waals surface area contributed by atoms with Crippen molar-refractivity contribution in [2.75, 3.05) is 7.11 Å². The zero-order chi connectivity index (χ0) is 8.27. The van der Waals surface area contributed by atoms with Crippen molar-refractivity contribution in [3.8, 4) is 0 Å². The maximum atomic E-state index is 5.58. The molecule has 1 aromatic rings. The van der Waals surface area contributed by atoms with Crippen LogP contribution in [0.4, 0.5) is 0 Å². The number of hydrogen-bond donors (Lipinski definition) is 0. The SMILES string of the molecule is COCc1nnc(CCl)n1C. The summed E-state index contributed by atoms with van der Waals surface area (Å²) in [6.45, 7) is 0.473. The van der Waals surface area contributed by atoms with Crippen LogP contribution in [-0.2, 0) is 24.3 Å². The maximum Gasteiger partial charge on any atom is 0.158 e. The summed E-state index contributed by atoms with van der Waals surface area (Å²) < 4.78 is 6.73. The number of rotatable bonds is 3. The summed E-state index contributed by atoms with van der Waals surface area (Å²) in [4.78, 5) is 0. The molecule has 0 saturated heterocycles. The van der Waals surface area contributed by atoms with E-state index in [0.717, 1.165) is 11.6 Å². The Hall–Kier alpha value is -0.610. The number of methoxy groups -OCH3 is 1. The van der Waals surface area contributed by atoms with E-state index in [4.69, 9.17) is 16.3 Å². The summed E-state index contributed by atoms with van der Waals surface area (Å²) in [5.41, 5.74) is 0.